The van der Waals surface area contributed by atoms with E-state index in [2.05, 4.69) is 10.2 Å². The summed E-state index contributed by atoms with van der Waals surface area (Å²) in [5.41, 5.74) is 1.49. The zero-order chi connectivity index (χ0) is 17.8. The fourth-order valence-electron chi connectivity index (χ4n) is 3.17. The van der Waals surface area contributed by atoms with E-state index >= 15 is 0 Å². The van der Waals surface area contributed by atoms with Gasteiger partial charge in [-0.3, -0.25) is 9.59 Å². The lowest BCUT2D eigenvalue weighted by atomic mass is 9.96. The second-order valence-electron chi connectivity index (χ2n) is 6.48. The van der Waals surface area contributed by atoms with Crippen molar-refractivity contribution >= 4 is 29.0 Å². The number of hydrogen-bond donors (Lipinski definition) is 1. The molecule has 1 aliphatic rings. The molecule has 2 aromatic rings. The second kappa shape index (κ2) is 7.81. The van der Waals surface area contributed by atoms with Crippen LogP contribution in [-0.4, -0.2) is 36.7 Å². The largest absolute Gasteiger partial charge is 0.325 e. The fraction of sp³-hybridized carbons (Fsp3) is 0.300. The van der Waals surface area contributed by atoms with E-state index in [-0.39, 0.29) is 17.6 Å². The van der Waals surface area contributed by atoms with Gasteiger partial charge in [0, 0.05) is 22.7 Å². The normalized spacial score (nSPS) is 17.9. The highest BCUT2D eigenvalue weighted by molar-refractivity contribution is 6.31. The summed E-state index contributed by atoms with van der Waals surface area (Å²) < 4.78 is 0. The molecule has 0 saturated carbocycles. The van der Waals surface area contributed by atoms with Gasteiger partial charge in [0.15, 0.2) is 5.78 Å². The molecule has 1 aliphatic heterocycles. The average Bonchev–Trinajstić information content (AvgIpc) is 2.63. The number of nitrogens with zero attached hydrogens (tertiary/aromatic N) is 1. The molecule has 1 fully saturated rings. The van der Waals surface area contributed by atoms with Crippen molar-refractivity contribution in [1.82, 2.24) is 4.90 Å². The van der Waals surface area contributed by atoms with Gasteiger partial charge in [-0.2, -0.15) is 0 Å². The van der Waals surface area contributed by atoms with Crippen LogP contribution in [0.5, 0.6) is 0 Å². The number of piperidine rings is 1. The Bertz CT molecular complexity index is 777. The molecule has 25 heavy (non-hydrogen) atoms. The molecule has 0 radical (unpaired) electrons. The van der Waals surface area contributed by atoms with Gasteiger partial charge in [0.25, 0.3) is 0 Å². The molecule has 130 valence electrons. The highest BCUT2D eigenvalue weighted by Gasteiger charge is 2.25. The molecule has 2 aromatic carbocycles. The van der Waals surface area contributed by atoms with Crippen LogP contribution in [0.3, 0.4) is 0 Å². The molecule has 0 spiro atoms. The first-order valence-electron chi connectivity index (χ1n) is 8.43. The van der Waals surface area contributed by atoms with Gasteiger partial charge in [0.05, 0.1) is 11.6 Å². The van der Waals surface area contributed by atoms with Crippen molar-refractivity contribution in [3.05, 3.63) is 64.7 Å². The Labute approximate surface area is 152 Å². The number of anilines is 1. The van der Waals surface area contributed by atoms with E-state index in [4.69, 9.17) is 11.6 Å². The molecule has 1 amide bonds. The lowest BCUT2D eigenvalue weighted by molar-refractivity contribution is -0.121. The van der Waals surface area contributed by atoms with Crippen molar-refractivity contribution in [3.63, 3.8) is 0 Å². The maximum absolute atomic E-state index is 12.8. The number of carbonyl (C=O) groups excluding carboxylic acids is 2. The minimum absolute atomic E-state index is 0.0454. The molecular weight excluding hydrogens is 336 g/mol. The van der Waals surface area contributed by atoms with Crippen LogP contribution in [0.2, 0.25) is 5.02 Å². The van der Waals surface area contributed by atoms with Crippen LogP contribution in [0.4, 0.5) is 5.69 Å². The Balaban J connectivity index is 1.84. The summed E-state index contributed by atoms with van der Waals surface area (Å²) in [6.45, 7) is 1.75. The van der Waals surface area contributed by atoms with Gasteiger partial charge in [-0.15, -0.1) is 0 Å². The van der Waals surface area contributed by atoms with Gasteiger partial charge in [0.1, 0.15) is 0 Å². The molecule has 1 saturated heterocycles. The second-order valence-corrected chi connectivity index (χ2v) is 6.91. The van der Waals surface area contributed by atoms with Gasteiger partial charge in [-0.25, -0.2) is 0 Å². The standard InChI is InChI=1S/C20H21ClN2O2/c1-23-11-5-8-15(13-23)20(25)22-18-10-9-16(21)12-17(18)19(24)14-6-3-2-4-7-14/h2-4,6-7,9-10,12,15H,5,8,11,13H2,1H3,(H,22,25)/t15-/m0/s1. The van der Waals surface area contributed by atoms with Crippen LogP contribution >= 0.6 is 11.6 Å². The molecular formula is C20H21ClN2O2. The first kappa shape index (κ1) is 17.6. The number of carbonyl (C=O) groups is 2. The molecule has 5 heteroatoms. The zero-order valence-electron chi connectivity index (χ0n) is 14.2. The Kier molecular flexibility index (Phi) is 5.51. The number of likely N-dealkylation sites (tertiary alicyclic amines) is 1. The Morgan fingerprint density at radius 2 is 1.92 bits per heavy atom. The molecule has 1 heterocycles. The van der Waals surface area contributed by atoms with Crippen molar-refractivity contribution in [2.24, 2.45) is 5.92 Å². The summed E-state index contributed by atoms with van der Waals surface area (Å²) in [5.74, 6) is -0.260. The molecule has 0 bridgehead atoms. The fourth-order valence-corrected chi connectivity index (χ4v) is 3.35. The van der Waals surface area contributed by atoms with Crippen molar-refractivity contribution < 1.29 is 9.59 Å². The van der Waals surface area contributed by atoms with Crippen LogP contribution in [-0.2, 0) is 4.79 Å². The smallest absolute Gasteiger partial charge is 0.228 e. The number of benzene rings is 2. The lowest BCUT2D eigenvalue weighted by Crippen LogP contribution is -2.38. The van der Waals surface area contributed by atoms with Crippen molar-refractivity contribution in [2.45, 2.75) is 12.8 Å². The van der Waals surface area contributed by atoms with Gasteiger partial charge in [0.2, 0.25) is 5.91 Å². The zero-order valence-corrected chi connectivity index (χ0v) is 14.9. The SMILES string of the molecule is CN1CCC[C@H](C(=O)Nc2ccc(Cl)cc2C(=O)c2ccccc2)C1. The summed E-state index contributed by atoms with van der Waals surface area (Å²) in [7, 11) is 2.02. The summed E-state index contributed by atoms with van der Waals surface area (Å²) in [4.78, 5) is 27.6. The molecule has 0 aliphatic carbocycles. The molecule has 4 nitrogen and oxygen atoms in total. The Hall–Kier alpha value is -2.17. The highest BCUT2D eigenvalue weighted by atomic mass is 35.5. The van der Waals surface area contributed by atoms with E-state index in [0.717, 1.165) is 25.9 Å². The molecule has 3 rings (SSSR count). The maximum Gasteiger partial charge on any atom is 0.228 e. The topological polar surface area (TPSA) is 49.4 Å². The van der Waals surface area contributed by atoms with Crippen molar-refractivity contribution in [1.29, 1.82) is 0 Å². The van der Waals surface area contributed by atoms with Gasteiger partial charge in [-0.05, 0) is 44.6 Å². The summed E-state index contributed by atoms with van der Waals surface area (Å²) in [6, 6.07) is 14.0. The number of nitrogens with one attached hydrogen (secondary N) is 1. The third kappa shape index (κ3) is 4.27. The monoisotopic (exact) mass is 356 g/mol. The minimum atomic E-state index is -0.154. The van der Waals surface area contributed by atoms with E-state index in [0.29, 0.717) is 21.8 Å². The van der Waals surface area contributed by atoms with E-state index < -0.39 is 0 Å². The number of amides is 1. The van der Waals surface area contributed by atoms with E-state index in [9.17, 15) is 9.59 Å². The summed E-state index contributed by atoms with van der Waals surface area (Å²) in [5, 5.41) is 3.40. The minimum Gasteiger partial charge on any atom is -0.325 e. The lowest BCUT2D eigenvalue weighted by Gasteiger charge is -2.28. The van der Waals surface area contributed by atoms with Crippen LogP contribution in [0, 0.1) is 5.92 Å². The van der Waals surface area contributed by atoms with Crippen LogP contribution in [0.25, 0.3) is 0 Å². The van der Waals surface area contributed by atoms with Gasteiger partial charge < -0.3 is 10.2 Å². The third-order valence-corrected chi connectivity index (χ3v) is 4.75. The highest BCUT2D eigenvalue weighted by Crippen LogP contribution is 2.25. The first-order valence-corrected chi connectivity index (χ1v) is 8.81. The Morgan fingerprint density at radius 1 is 1.16 bits per heavy atom. The van der Waals surface area contributed by atoms with Crippen LogP contribution in [0.15, 0.2) is 48.5 Å². The molecule has 1 atom stereocenters. The predicted octanol–water partition coefficient (Wildman–Crippen LogP) is 3.85. The Morgan fingerprint density at radius 3 is 2.64 bits per heavy atom. The van der Waals surface area contributed by atoms with Crippen LogP contribution in [0.1, 0.15) is 28.8 Å². The van der Waals surface area contributed by atoms with E-state index in [1.54, 1.807) is 30.3 Å². The van der Waals surface area contributed by atoms with E-state index in [1.807, 2.05) is 25.2 Å². The first-order chi connectivity index (χ1) is 12.0. The number of ketones is 1. The molecule has 0 unspecified atom stereocenters. The summed E-state index contributed by atoms with van der Waals surface area (Å²) in [6.07, 6.45) is 1.87. The van der Waals surface area contributed by atoms with Crippen molar-refractivity contribution in [2.75, 3.05) is 25.5 Å². The number of hydrogen-bond acceptors (Lipinski definition) is 3. The summed E-state index contributed by atoms with van der Waals surface area (Å²) >= 11 is 6.08. The van der Waals surface area contributed by atoms with Gasteiger partial charge in [-0.1, -0.05) is 41.9 Å². The molecule has 0 aromatic heterocycles. The molecule has 1 N–H and O–H groups in total. The maximum atomic E-state index is 12.8. The van der Waals surface area contributed by atoms with Gasteiger partial charge >= 0.3 is 0 Å². The van der Waals surface area contributed by atoms with Crippen molar-refractivity contribution in [3.8, 4) is 0 Å². The number of rotatable bonds is 4. The number of halogens is 1. The predicted molar refractivity (Wildman–Crippen MR) is 100 cm³/mol. The van der Waals surface area contributed by atoms with E-state index in [1.165, 1.54) is 0 Å². The average molecular weight is 357 g/mol. The quantitative estimate of drug-likeness (QED) is 0.846. The van der Waals surface area contributed by atoms with Crippen LogP contribution < -0.4 is 5.32 Å². The third-order valence-electron chi connectivity index (χ3n) is 4.52.